The standard InChI is InChI=1S/C16H18N4O3S/c1-2-3-9-11(14(21)15(17)22)18-16(23)13-12(19-24-20-13)10-7-5-4-6-8-10/h4-8,11H,2-3,9H2,1H3,(H2,17,22)(H,18,23). The van der Waals surface area contributed by atoms with Crippen LogP contribution < -0.4 is 11.1 Å². The number of unbranched alkanes of at least 4 members (excludes halogenated alkanes) is 1. The van der Waals surface area contributed by atoms with Crippen molar-refractivity contribution in [2.24, 2.45) is 5.73 Å². The number of nitrogens with zero attached hydrogens (tertiary/aromatic N) is 2. The van der Waals surface area contributed by atoms with Crippen LogP contribution in [0.15, 0.2) is 30.3 Å². The van der Waals surface area contributed by atoms with Crippen molar-refractivity contribution in [3.63, 3.8) is 0 Å². The van der Waals surface area contributed by atoms with Crippen molar-refractivity contribution in [2.45, 2.75) is 32.2 Å². The van der Waals surface area contributed by atoms with Crippen LogP contribution in [0.4, 0.5) is 0 Å². The largest absolute Gasteiger partial charge is 0.363 e. The van der Waals surface area contributed by atoms with Gasteiger partial charge in [-0.15, -0.1) is 0 Å². The highest BCUT2D eigenvalue weighted by Gasteiger charge is 2.27. The van der Waals surface area contributed by atoms with E-state index in [1.807, 2.05) is 37.3 Å². The first-order valence-corrected chi connectivity index (χ1v) is 8.30. The first-order chi connectivity index (χ1) is 11.5. The van der Waals surface area contributed by atoms with Gasteiger partial charge in [0.05, 0.1) is 17.8 Å². The molecule has 0 saturated carbocycles. The minimum atomic E-state index is -1.06. The quantitative estimate of drug-likeness (QED) is 0.704. The van der Waals surface area contributed by atoms with Crippen LogP contribution in [0.2, 0.25) is 0 Å². The molecule has 1 atom stereocenters. The Balaban J connectivity index is 2.20. The van der Waals surface area contributed by atoms with Gasteiger partial charge in [-0.05, 0) is 6.42 Å². The molecule has 1 aromatic heterocycles. The van der Waals surface area contributed by atoms with Crippen molar-refractivity contribution in [1.82, 2.24) is 14.1 Å². The highest BCUT2D eigenvalue weighted by atomic mass is 32.1. The van der Waals surface area contributed by atoms with Gasteiger partial charge >= 0.3 is 0 Å². The lowest BCUT2D eigenvalue weighted by Crippen LogP contribution is -2.46. The zero-order valence-corrected chi connectivity index (χ0v) is 14.0. The monoisotopic (exact) mass is 346 g/mol. The first-order valence-electron chi connectivity index (χ1n) is 7.57. The minimum Gasteiger partial charge on any atom is -0.363 e. The topological polar surface area (TPSA) is 115 Å². The summed E-state index contributed by atoms with van der Waals surface area (Å²) >= 11 is 0.912. The maximum atomic E-state index is 12.5. The third kappa shape index (κ3) is 4.23. The molecule has 1 unspecified atom stereocenters. The molecular formula is C16H18N4O3S. The number of aromatic nitrogens is 2. The molecule has 0 aliphatic heterocycles. The van der Waals surface area contributed by atoms with E-state index in [1.54, 1.807) is 0 Å². The van der Waals surface area contributed by atoms with Crippen molar-refractivity contribution in [2.75, 3.05) is 0 Å². The van der Waals surface area contributed by atoms with Crippen LogP contribution >= 0.6 is 11.7 Å². The Kier molecular flexibility index (Phi) is 6.14. The fourth-order valence-corrected chi connectivity index (χ4v) is 2.76. The number of carbonyl (C=O) groups excluding carboxylic acids is 3. The lowest BCUT2D eigenvalue weighted by Gasteiger charge is -2.15. The summed E-state index contributed by atoms with van der Waals surface area (Å²) in [5, 5.41) is 2.56. The molecule has 0 radical (unpaired) electrons. The van der Waals surface area contributed by atoms with E-state index in [2.05, 4.69) is 14.1 Å². The summed E-state index contributed by atoms with van der Waals surface area (Å²) < 4.78 is 8.17. The van der Waals surface area contributed by atoms with Crippen LogP contribution in [-0.2, 0) is 9.59 Å². The minimum absolute atomic E-state index is 0.130. The summed E-state index contributed by atoms with van der Waals surface area (Å²) in [5.41, 5.74) is 6.38. The van der Waals surface area contributed by atoms with E-state index in [4.69, 9.17) is 5.73 Å². The van der Waals surface area contributed by atoms with Gasteiger partial charge in [0.15, 0.2) is 5.69 Å². The molecule has 1 aromatic carbocycles. The van der Waals surface area contributed by atoms with E-state index in [-0.39, 0.29) is 5.69 Å². The summed E-state index contributed by atoms with van der Waals surface area (Å²) in [5.74, 6) is -2.41. The van der Waals surface area contributed by atoms with Crippen molar-refractivity contribution < 1.29 is 14.4 Å². The summed E-state index contributed by atoms with van der Waals surface area (Å²) in [6.45, 7) is 1.95. The Bertz CT molecular complexity index is 730. The predicted octanol–water partition coefficient (Wildman–Crippen LogP) is 1.55. The van der Waals surface area contributed by atoms with Crippen LogP contribution in [-0.4, -0.2) is 32.4 Å². The summed E-state index contributed by atoms with van der Waals surface area (Å²) in [7, 11) is 0. The second kappa shape index (κ2) is 8.30. The van der Waals surface area contributed by atoms with Crippen molar-refractivity contribution in [1.29, 1.82) is 0 Å². The maximum Gasteiger partial charge on any atom is 0.287 e. The number of primary amides is 1. The van der Waals surface area contributed by atoms with E-state index >= 15 is 0 Å². The number of Topliss-reactive ketones (excluding diaryl/α,β-unsaturated/α-hetero) is 1. The number of amides is 2. The van der Waals surface area contributed by atoms with Crippen LogP contribution in [0.3, 0.4) is 0 Å². The fraction of sp³-hybridized carbons (Fsp3) is 0.312. The van der Waals surface area contributed by atoms with Crippen LogP contribution in [0.5, 0.6) is 0 Å². The molecule has 2 rings (SSSR count). The number of benzene rings is 1. The Morgan fingerprint density at radius 1 is 1.21 bits per heavy atom. The van der Waals surface area contributed by atoms with E-state index < -0.39 is 23.6 Å². The van der Waals surface area contributed by atoms with E-state index in [9.17, 15) is 14.4 Å². The van der Waals surface area contributed by atoms with E-state index in [0.717, 1.165) is 23.7 Å². The van der Waals surface area contributed by atoms with E-state index in [1.165, 1.54) is 0 Å². The molecule has 7 nitrogen and oxygen atoms in total. The molecule has 126 valence electrons. The van der Waals surface area contributed by atoms with Crippen molar-refractivity contribution in [3.8, 4) is 11.3 Å². The molecule has 0 spiro atoms. The highest BCUT2D eigenvalue weighted by molar-refractivity contribution is 6.99. The van der Waals surface area contributed by atoms with Crippen molar-refractivity contribution in [3.05, 3.63) is 36.0 Å². The predicted molar refractivity (Wildman–Crippen MR) is 90.3 cm³/mol. The molecule has 8 heteroatoms. The number of nitrogens with one attached hydrogen (secondary N) is 1. The van der Waals surface area contributed by atoms with Crippen molar-refractivity contribution >= 4 is 29.3 Å². The lowest BCUT2D eigenvalue weighted by molar-refractivity contribution is -0.137. The molecular weight excluding hydrogens is 328 g/mol. The Hall–Kier alpha value is -2.61. The number of nitrogens with two attached hydrogens (primary N) is 1. The first kappa shape index (κ1) is 17.7. The van der Waals surface area contributed by atoms with Gasteiger partial charge in [-0.3, -0.25) is 14.4 Å². The number of rotatable bonds is 8. The second-order valence-electron chi connectivity index (χ2n) is 5.22. The van der Waals surface area contributed by atoms with Crippen LogP contribution in [0.1, 0.15) is 36.7 Å². The molecule has 0 aliphatic rings. The number of carbonyl (C=O) groups is 3. The van der Waals surface area contributed by atoms with Gasteiger partial charge in [-0.25, -0.2) is 0 Å². The molecule has 24 heavy (non-hydrogen) atoms. The smallest absolute Gasteiger partial charge is 0.287 e. The third-order valence-corrected chi connectivity index (χ3v) is 3.99. The molecule has 0 fully saturated rings. The highest BCUT2D eigenvalue weighted by Crippen LogP contribution is 2.21. The molecule has 0 aliphatic carbocycles. The Labute approximate surface area is 143 Å². The zero-order chi connectivity index (χ0) is 17.5. The lowest BCUT2D eigenvalue weighted by atomic mass is 10.0. The number of ketones is 1. The Morgan fingerprint density at radius 2 is 1.92 bits per heavy atom. The van der Waals surface area contributed by atoms with Gasteiger partial charge in [0, 0.05) is 5.56 Å². The SMILES string of the molecule is CCCCC(NC(=O)c1nsnc1-c1ccccc1)C(=O)C(N)=O. The average Bonchev–Trinajstić information content (AvgIpc) is 3.08. The fourth-order valence-electron chi connectivity index (χ4n) is 2.20. The van der Waals surface area contributed by atoms with Crippen LogP contribution in [0, 0.1) is 0 Å². The molecule has 0 saturated heterocycles. The summed E-state index contributed by atoms with van der Waals surface area (Å²) in [6, 6.07) is 8.21. The average molecular weight is 346 g/mol. The van der Waals surface area contributed by atoms with Gasteiger partial charge in [0.1, 0.15) is 5.69 Å². The van der Waals surface area contributed by atoms with Crippen LogP contribution in [0.25, 0.3) is 11.3 Å². The number of hydrogen-bond acceptors (Lipinski definition) is 6. The third-order valence-electron chi connectivity index (χ3n) is 3.46. The van der Waals surface area contributed by atoms with Gasteiger partial charge < -0.3 is 11.1 Å². The van der Waals surface area contributed by atoms with Gasteiger partial charge in [-0.1, -0.05) is 50.1 Å². The Morgan fingerprint density at radius 3 is 2.54 bits per heavy atom. The molecule has 2 amide bonds. The van der Waals surface area contributed by atoms with E-state index in [0.29, 0.717) is 18.5 Å². The zero-order valence-electron chi connectivity index (χ0n) is 13.2. The van der Waals surface area contributed by atoms with Gasteiger partial charge in [0.2, 0.25) is 5.78 Å². The molecule has 2 aromatic rings. The van der Waals surface area contributed by atoms with Gasteiger partial charge in [-0.2, -0.15) is 8.75 Å². The maximum absolute atomic E-state index is 12.5. The molecule has 1 heterocycles. The molecule has 3 N–H and O–H groups in total. The summed E-state index contributed by atoms with van der Waals surface area (Å²) in [4.78, 5) is 35.5. The summed E-state index contributed by atoms with van der Waals surface area (Å²) in [6.07, 6.45) is 1.86. The van der Waals surface area contributed by atoms with Gasteiger partial charge in [0.25, 0.3) is 11.8 Å². The number of hydrogen-bond donors (Lipinski definition) is 2. The second-order valence-corrected chi connectivity index (χ2v) is 5.75. The molecule has 0 bridgehead atoms. The normalized spacial score (nSPS) is 11.7.